The van der Waals surface area contributed by atoms with Crippen molar-refractivity contribution in [3.63, 3.8) is 0 Å². The number of benzene rings is 1. The van der Waals surface area contributed by atoms with E-state index in [1.54, 1.807) is 16.7 Å². The average molecular weight is 414 g/mol. The summed E-state index contributed by atoms with van der Waals surface area (Å²) in [5.41, 5.74) is 2.99. The van der Waals surface area contributed by atoms with Crippen LogP contribution in [0.3, 0.4) is 0 Å². The van der Waals surface area contributed by atoms with Gasteiger partial charge in [0.25, 0.3) is 5.56 Å². The molecule has 1 aromatic carbocycles. The van der Waals surface area contributed by atoms with Crippen LogP contribution < -0.4 is 10.3 Å². The summed E-state index contributed by atoms with van der Waals surface area (Å²) in [6.07, 6.45) is 1.73. The van der Waals surface area contributed by atoms with Gasteiger partial charge in [0.1, 0.15) is 12.4 Å². The Hall–Kier alpha value is -2.65. The predicted molar refractivity (Wildman–Crippen MR) is 110 cm³/mol. The summed E-state index contributed by atoms with van der Waals surface area (Å²) in [6, 6.07) is 7.68. The van der Waals surface area contributed by atoms with Crippen molar-refractivity contribution in [2.75, 3.05) is 0 Å². The molecule has 0 unspecified atom stereocenters. The third-order valence-corrected chi connectivity index (χ3v) is 6.00. The number of ether oxygens (including phenoxy) is 1. The highest BCUT2D eigenvalue weighted by Gasteiger charge is 2.12. The maximum absolute atomic E-state index is 12.1. The molecule has 0 radical (unpaired) electrons. The van der Waals surface area contributed by atoms with Crippen LogP contribution in [0.4, 0.5) is 0 Å². The van der Waals surface area contributed by atoms with Crippen LogP contribution in [-0.4, -0.2) is 24.1 Å². The van der Waals surface area contributed by atoms with E-state index in [4.69, 9.17) is 4.74 Å². The van der Waals surface area contributed by atoms with E-state index in [-0.39, 0.29) is 5.56 Å². The van der Waals surface area contributed by atoms with Gasteiger partial charge in [-0.1, -0.05) is 17.8 Å². The molecule has 0 N–H and O–H groups in total. The van der Waals surface area contributed by atoms with Gasteiger partial charge in [0.15, 0.2) is 15.9 Å². The molecule has 0 aliphatic carbocycles. The standard InChI is InChI=1S/C19H19N5O2S2/c1-12-6-13(2)8-15(7-12)26-10-16-21-22-19(23(16)3)28-11-14-9-17(25)24-4-5-27-18(24)20-14/h4-9H,10-11H2,1-3H3. The number of nitrogens with zero attached hydrogens (tertiary/aromatic N) is 5. The van der Waals surface area contributed by atoms with Crippen LogP contribution in [0.15, 0.2) is 45.8 Å². The number of rotatable bonds is 6. The number of thiazole rings is 1. The lowest BCUT2D eigenvalue weighted by Gasteiger charge is -2.08. The molecule has 0 bridgehead atoms. The number of thioether (sulfide) groups is 1. The number of aromatic nitrogens is 5. The first-order valence-corrected chi connectivity index (χ1v) is 10.5. The highest BCUT2D eigenvalue weighted by Crippen LogP contribution is 2.22. The summed E-state index contributed by atoms with van der Waals surface area (Å²) in [5.74, 6) is 2.11. The lowest BCUT2D eigenvalue weighted by molar-refractivity contribution is 0.290. The zero-order chi connectivity index (χ0) is 19.7. The Labute approximate surface area is 170 Å². The summed E-state index contributed by atoms with van der Waals surface area (Å²) in [6.45, 7) is 4.43. The Kier molecular flexibility index (Phi) is 5.19. The van der Waals surface area contributed by atoms with Crippen molar-refractivity contribution >= 4 is 28.1 Å². The monoisotopic (exact) mass is 413 g/mol. The topological polar surface area (TPSA) is 74.3 Å². The molecule has 4 rings (SSSR count). The van der Waals surface area contributed by atoms with Crippen molar-refractivity contribution in [1.82, 2.24) is 24.1 Å². The average Bonchev–Trinajstić information content (AvgIpc) is 3.25. The van der Waals surface area contributed by atoms with Crippen LogP contribution >= 0.6 is 23.1 Å². The minimum Gasteiger partial charge on any atom is -0.486 e. The molecule has 0 spiro atoms. The van der Waals surface area contributed by atoms with Gasteiger partial charge in [-0.15, -0.1) is 21.5 Å². The summed E-state index contributed by atoms with van der Waals surface area (Å²) >= 11 is 2.94. The minimum absolute atomic E-state index is 0.0673. The van der Waals surface area contributed by atoms with Gasteiger partial charge in [-0.25, -0.2) is 4.98 Å². The molecule has 0 amide bonds. The third-order valence-electron chi connectivity index (χ3n) is 4.19. The SMILES string of the molecule is Cc1cc(C)cc(OCc2nnc(SCc3cc(=O)n4ccsc4n3)n2C)c1. The Morgan fingerprint density at radius 2 is 1.93 bits per heavy atom. The zero-order valence-corrected chi connectivity index (χ0v) is 17.4. The largest absolute Gasteiger partial charge is 0.486 e. The van der Waals surface area contributed by atoms with E-state index in [1.165, 1.54) is 23.1 Å². The van der Waals surface area contributed by atoms with Gasteiger partial charge in [0.2, 0.25) is 0 Å². The summed E-state index contributed by atoms with van der Waals surface area (Å²) in [7, 11) is 1.91. The maximum atomic E-state index is 12.1. The van der Waals surface area contributed by atoms with E-state index in [0.29, 0.717) is 17.3 Å². The molecule has 0 saturated heterocycles. The first-order valence-electron chi connectivity index (χ1n) is 8.67. The molecule has 144 valence electrons. The van der Waals surface area contributed by atoms with E-state index in [0.717, 1.165) is 33.6 Å². The van der Waals surface area contributed by atoms with Gasteiger partial charge in [-0.2, -0.15) is 0 Å². The Morgan fingerprint density at radius 3 is 2.71 bits per heavy atom. The van der Waals surface area contributed by atoms with Crippen molar-refractivity contribution in [1.29, 1.82) is 0 Å². The normalized spacial score (nSPS) is 11.2. The molecular formula is C19H19N5O2S2. The summed E-state index contributed by atoms with van der Waals surface area (Å²) in [4.78, 5) is 17.3. The minimum atomic E-state index is -0.0673. The van der Waals surface area contributed by atoms with Gasteiger partial charge < -0.3 is 9.30 Å². The molecule has 3 aromatic heterocycles. The number of aryl methyl sites for hydroxylation is 2. The van der Waals surface area contributed by atoms with Crippen LogP contribution in [0.5, 0.6) is 5.75 Å². The van der Waals surface area contributed by atoms with E-state index >= 15 is 0 Å². The van der Waals surface area contributed by atoms with Crippen molar-refractivity contribution in [3.8, 4) is 5.75 Å². The van der Waals surface area contributed by atoms with E-state index in [9.17, 15) is 4.79 Å². The Bertz CT molecular complexity index is 1170. The van der Waals surface area contributed by atoms with E-state index in [2.05, 4.69) is 21.2 Å². The first-order chi connectivity index (χ1) is 13.5. The molecule has 4 aromatic rings. The summed E-state index contributed by atoms with van der Waals surface area (Å²) in [5, 5.41) is 11.1. The van der Waals surface area contributed by atoms with Gasteiger partial charge in [0, 0.05) is 30.4 Å². The first kappa shape index (κ1) is 18.7. The molecule has 0 aliphatic rings. The second kappa shape index (κ2) is 7.76. The Morgan fingerprint density at radius 1 is 1.14 bits per heavy atom. The van der Waals surface area contributed by atoms with Crippen molar-refractivity contribution in [2.45, 2.75) is 31.4 Å². The predicted octanol–water partition coefficient (Wildman–Crippen LogP) is 3.37. The molecule has 0 fully saturated rings. The number of hydrogen-bond acceptors (Lipinski definition) is 7. The van der Waals surface area contributed by atoms with Crippen LogP contribution in [0.25, 0.3) is 4.96 Å². The second-order valence-electron chi connectivity index (χ2n) is 6.50. The maximum Gasteiger partial charge on any atom is 0.258 e. The molecular weight excluding hydrogens is 394 g/mol. The number of fused-ring (bicyclic) bond motifs is 1. The molecule has 0 atom stereocenters. The van der Waals surface area contributed by atoms with Crippen molar-refractivity contribution in [2.24, 2.45) is 7.05 Å². The smallest absolute Gasteiger partial charge is 0.258 e. The second-order valence-corrected chi connectivity index (χ2v) is 8.32. The van der Waals surface area contributed by atoms with Crippen molar-refractivity contribution < 1.29 is 4.74 Å². The fourth-order valence-corrected chi connectivity index (χ4v) is 4.42. The highest BCUT2D eigenvalue weighted by molar-refractivity contribution is 7.98. The number of hydrogen-bond donors (Lipinski definition) is 0. The van der Waals surface area contributed by atoms with Crippen molar-refractivity contribution in [3.05, 3.63) is 68.8 Å². The molecule has 7 nitrogen and oxygen atoms in total. The van der Waals surface area contributed by atoms with E-state index in [1.807, 2.05) is 43.0 Å². The van der Waals surface area contributed by atoms with Gasteiger partial charge in [-0.3, -0.25) is 9.20 Å². The summed E-state index contributed by atoms with van der Waals surface area (Å²) < 4.78 is 9.33. The quantitative estimate of drug-likeness (QED) is 0.451. The lowest BCUT2D eigenvalue weighted by Crippen LogP contribution is -2.12. The van der Waals surface area contributed by atoms with Crippen LogP contribution in [0, 0.1) is 13.8 Å². The van der Waals surface area contributed by atoms with Crippen LogP contribution in [0.2, 0.25) is 0 Å². The third kappa shape index (κ3) is 3.95. The molecule has 0 saturated carbocycles. The van der Waals surface area contributed by atoms with Gasteiger partial charge in [-0.05, 0) is 37.1 Å². The van der Waals surface area contributed by atoms with Crippen LogP contribution in [0.1, 0.15) is 22.6 Å². The lowest BCUT2D eigenvalue weighted by atomic mass is 10.1. The van der Waals surface area contributed by atoms with Gasteiger partial charge >= 0.3 is 0 Å². The highest BCUT2D eigenvalue weighted by atomic mass is 32.2. The molecule has 0 aliphatic heterocycles. The zero-order valence-electron chi connectivity index (χ0n) is 15.7. The molecule has 28 heavy (non-hydrogen) atoms. The fraction of sp³-hybridized carbons (Fsp3) is 0.263. The Balaban J connectivity index is 1.43. The van der Waals surface area contributed by atoms with Crippen LogP contribution in [-0.2, 0) is 19.4 Å². The van der Waals surface area contributed by atoms with Gasteiger partial charge in [0.05, 0.1) is 5.69 Å². The fourth-order valence-electron chi connectivity index (χ4n) is 2.86. The molecule has 3 heterocycles. The van der Waals surface area contributed by atoms with E-state index < -0.39 is 0 Å². The molecule has 9 heteroatoms.